The summed E-state index contributed by atoms with van der Waals surface area (Å²) in [5.74, 6) is 0. The Kier molecular flexibility index (Phi) is 3.84. The van der Waals surface area contributed by atoms with Gasteiger partial charge < -0.3 is 10.3 Å². The smallest absolute Gasteiger partial charge is 0.0457 e. The zero-order valence-electron chi connectivity index (χ0n) is 11.8. The monoisotopic (exact) mass is 264 g/mol. The van der Waals surface area contributed by atoms with E-state index in [-0.39, 0.29) is 0 Å². The standard InChI is InChI=1S/C18H20N2/c1-2-19-11-10-16-13-20-18-9-8-15(12-17(16)18)14-6-4-3-5-7-14/h3-9,12-13,19-20H,2,10-11H2,1H3. The minimum absolute atomic E-state index is 1.03. The SMILES string of the molecule is CCNCCc1c[nH]c2ccc(-c3ccccc3)cc12. The van der Waals surface area contributed by atoms with Gasteiger partial charge in [0.05, 0.1) is 0 Å². The average Bonchev–Trinajstić information content (AvgIpc) is 2.91. The normalized spacial score (nSPS) is 11.1. The summed E-state index contributed by atoms with van der Waals surface area (Å²) in [6.07, 6.45) is 3.20. The Labute approximate surface area is 119 Å². The van der Waals surface area contributed by atoms with Gasteiger partial charge in [0, 0.05) is 17.1 Å². The number of aromatic nitrogens is 1. The van der Waals surface area contributed by atoms with Crippen LogP contribution >= 0.6 is 0 Å². The summed E-state index contributed by atoms with van der Waals surface area (Å²) >= 11 is 0. The van der Waals surface area contributed by atoms with E-state index in [2.05, 4.69) is 72.0 Å². The van der Waals surface area contributed by atoms with Crippen LogP contribution in [0.25, 0.3) is 22.0 Å². The summed E-state index contributed by atoms with van der Waals surface area (Å²) in [6.45, 7) is 4.19. The third-order valence-corrected chi connectivity index (χ3v) is 3.70. The maximum absolute atomic E-state index is 3.38. The molecule has 3 rings (SSSR count). The molecule has 0 unspecified atom stereocenters. The molecule has 1 aromatic heterocycles. The lowest BCUT2D eigenvalue weighted by Gasteiger charge is -2.04. The zero-order valence-corrected chi connectivity index (χ0v) is 11.8. The van der Waals surface area contributed by atoms with Crippen molar-refractivity contribution in [3.05, 3.63) is 60.3 Å². The molecule has 0 fully saturated rings. The Morgan fingerprint density at radius 2 is 1.85 bits per heavy atom. The van der Waals surface area contributed by atoms with E-state index >= 15 is 0 Å². The van der Waals surface area contributed by atoms with Crippen molar-refractivity contribution in [1.82, 2.24) is 10.3 Å². The highest BCUT2D eigenvalue weighted by Crippen LogP contribution is 2.26. The molecule has 2 N–H and O–H groups in total. The fourth-order valence-corrected chi connectivity index (χ4v) is 2.60. The van der Waals surface area contributed by atoms with Gasteiger partial charge in [0.1, 0.15) is 0 Å². The van der Waals surface area contributed by atoms with Crippen LogP contribution in [0.15, 0.2) is 54.7 Å². The van der Waals surface area contributed by atoms with Crippen LogP contribution in [0.1, 0.15) is 12.5 Å². The lowest BCUT2D eigenvalue weighted by molar-refractivity contribution is 0.718. The first-order valence-corrected chi connectivity index (χ1v) is 7.24. The van der Waals surface area contributed by atoms with E-state index in [1.165, 1.54) is 27.6 Å². The number of hydrogen-bond donors (Lipinski definition) is 2. The molecule has 2 nitrogen and oxygen atoms in total. The van der Waals surface area contributed by atoms with Crippen molar-refractivity contribution in [3.63, 3.8) is 0 Å². The number of H-pyrrole nitrogens is 1. The molecule has 0 aliphatic rings. The number of likely N-dealkylation sites (N-methyl/N-ethyl adjacent to an activating group) is 1. The quantitative estimate of drug-likeness (QED) is 0.670. The minimum Gasteiger partial charge on any atom is -0.361 e. The second kappa shape index (κ2) is 5.93. The lowest BCUT2D eigenvalue weighted by atomic mass is 10.0. The molecule has 1 heterocycles. The van der Waals surface area contributed by atoms with Crippen LogP contribution in [-0.4, -0.2) is 18.1 Å². The summed E-state index contributed by atoms with van der Waals surface area (Å²) < 4.78 is 0. The molecule has 102 valence electrons. The van der Waals surface area contributed by atoms with Crippen molar-refractivity contribution in [2.75, 3.05) is 13.1 Å². The molecule has 0 saturated heterocycles. The molecule has 0 saturated carbocycles. The molecule has 0 spiro atoms. The van der Waals surface area contributed by atoms with Crippen LogP contribution in [0.3, 0.4) is 0 Å². The Balaban J connectivity index is 1.95. The highest BCUT2D eigenvalue weighted by atomic mass is 14.8. The number of rotatable bonds is 5. The van der Waals surface area contributed by atoms with E-state index < -0.39 is 0 Å². The fourth-order valence-electron chi connectivity index (χ4n) is 2.60. The van der Waals surface area contributed by atoms with E-state index in [1.807, 2.05) is 0 Å². The first-order chi connectivity index (χ1) is 9.88. The van der Waals surface area contributed by atoms with Crippen molar-refractivity contribution in [2.45, 2.75) is 13.3 Å². The predicted molar refractivity (Wildman–Crippen MR) is 86.0 cm³/mol. The maximum Gasteiger partial charge on any atom is 0.0457 e. The van der Waals surface area contributed by atoms with E-state index in [0.29, 0.717) is 0 Å². The topological polar surface area (TPSA) is 27.8 Å². The van der Waals surface area contributed by atoms with Gasteiger partial charge in [-0.1, -0.05) is 43.3 Å². The van der Waals surface area contributed by atoms with E-state index in [0.717, 1.165) is 19.5 Å². The molecule has 3 aromatic rings. The van der Waals surface area contributed by atoms with Crippen molar-refractivity contribution in [3.8, 4) is 11.1 Å². The zero-order chi connectivity index (χ0) is 13.8. The van der Waals surface area contributed by atoms with Crippen LogP contribution in [0.2, 0.25) is 0 Å². The Morgan fingerprint density at radius 3 is 2.65 bits per heavy atom. The summed E-state index contributed by atoms with van der Waals surface area (Å²) in [5, 5.41) is 4.72. The second-order valence-electron chi connectivity index (χ2n) is 5.04. The average molecular weight is 264 g/mol. The Morgan fingerprint density at radius 1 is 1.00 bits per heavy atom. The number of fused-ring (bicyclic) bond motifs is 1. The molecule has 0 amide bonds. The lowest BCUT2D eigenvalue weighted by Crippen LogP contribution is -2.15. The Hall–Kier alpha value is -2.06. The van der Waals surface area contributed by atoms with Gasteiger partial charge in [0.25, 0.3) is 0 Å². The summed E-state index contributed by atoms with van der Waals surface area (Å²) in [4.78, 5) is 3.37. The summed E-state index contributed by atoms with van der Waals surface area (Å²) in [6, 6.07) is 17.2. The van der Waals surface area contributed by atoms with Crippen LogP contribution in [0.5, 0.6) is 0 Å². The third kappa shape index (κ3) is 2.61. The van der Waals surface area contributed by atoms with Gasteiger partial charge in [0.15, 0.2) is 0 Å². The molecule has 0 radical (unpaired) electrons. The van der Waals surface area contributed by atoms with Gasteiger partial charge in [-0.05, 0) is 48.3 Å². The van der Waals surface area contributed by atoms with Crippen LogP contribution in [0.4, 0.5) is 0 Å². The van der Waals surface area contributed by atoms with Crippen molar-refractivity contribution in [1.29, 1.82) is 0 Å². The molecular formula is C18H20N2. The molecule has 0 aliphatic heterocycles. The van der Waals surface area contributed by atoms with Crippen molar-refractivity contribution < 1.29 is 0 Å². The highest BCUT2D eigenvalue weighted by molar-refractivity contribution is 5.88. The number of benzene rings is 2. The summed E-state index contributed by atoms with van der Waals surface area (Å²) in [5.41, 5.74) is 5.16. The predicted octanol–water partition coefficient (Wildman–Crippen LogP) is 3.99. The number of hydrogen-bond acceptors (Lipinski definition) is 1. The maximum atomic E-state index is 3.38. The second-order valence-corrected chi connectivity index (χ2v) is 5.04. The van der Waals surface area contributed by atoms with E-state index in [4.69, 9.17) is 0 Å². The third-order valence-electron chi connectivity index (χ3n) is 3.70. The van der Waals surface area contributed by atoms with Gasteiger partial charge in [-0.15, -0.1) is 0 Å². The molecular weight excluding hydrogens is 244 g/mol. The first kappa shape index (κ1) is 12.9. The van der Waals surface area contributed by atoms with Gasteiger partial charge in [0.2, 0.25) is 0 Å². The van der Waals surface area contributed by atoms with Crippen LogP contribution in [0, 0.1) is 0 Å². The molecule has 0 atom stereocenters. The Bertz CT molecular complexity index is 683. The number of nitrogens with one attached hydrogen (secondary N) is 2. The molecule has 0 aliphatic carbocycles. The van der Waals surface area contributed by atoms with E-state index in [9.17, 15) is 0 Å². The van der Waals surface area contributed by atoms with Crippen molar-refractivity contribution in [2.24, 2.45) is 0 Å². The van der Waals surface area contributed by atoms with Gasteiger partial charge in [-0.2, -0.15) is 0 Å². The molecule has 20 heavy (non-hydrogen) atoms. The van der Waals surface area contributed by atoms with Gasteiger partial charge in [-0.3, -0.25) is 0 Å². The van der Waals surface area contributed by atoms with E-state index in [1.54, 1.807) is 0 Å². The molecule has 0 bridgehead atoms. The molecule has 2 heteroatoms. The number of aromatic amines is 1. The summed E-state index contributed by atoms with van der Waals surface area (Å²) in [7, 11) is 0. The largest absolute Gasteiger partial charge is 0.361 e. The fraction of sp³-hybridized carbons (Fsp3) is 0.222. The van der Waals surface area contributed by atoms with Crippen LogP contribution in [-0.2, 0) is 6.42 Å². The van der Waals surface area contributed by atoms with Gasteiger partial charge in [-0.25, -0.2) is 0 Å². The van der Waals surface area contributed by atoms with Gasteiger partial charge >= 0.3 is 0 Å². The van der Waals surface area contributed by atoms with Crippen molar-refractivity contribution >= 4 is 10.9 Å². The minimum atomic E-state index is 1.03. The van der Waals surface area contributed by atoms with Crippen LogP contribution < -0.4 is 5.32 Å². The molecule has 2 aromatic carbocycles. The first-order valence-electron chi connectivity index (χ1n) is 7.24. The highest BCUT2D eigenvalue weighted by Gasteiger charge is 2.05.